The highest BCUT2D eigenvalue weighted by molar-refractivity contribution is 5.82. The lowest BCUT2D eigenvalue weighted by atomic mass is 9.81. The summed E-state index contributed by atoms with van der Waals surface area (Å²) in [5.41, 5.74) is 2.34. The first-order valence-electron chi connectivity index (χ1n) is 8.20. The van der Waals surface area contributed by atoms with Crippen molar-refractivity contribution in [3.8, 4) is 0 Å². The number of amides is 1. The molecule has 24 heavy (non-hydrogen) atoms. The Labute approximate surface area is 141 Å². The molecule has 1 aliphatic heterocycles. The average Bonchev–Trinajstić information content (AvgIpc) is 2.47. The average molecular weight is 342 g/mol. The fourth-order valence-electron chi connectivity index (χ4n) is 3.10. The van der Waals surface area contributed by atoms with Crippen molar-refractivity contribution in [1.82, 2.24) is 10.6 Å². The Bertz CT molecular complexity index is 575. The Morgan fingerprint density at radius 1 is 1.17 bits per heavy atom. The molecule has 6 heteroatoms. The molecule has 134 valence electrons. The summed E-state index contributed by atoms with van der Waals surface area (Å²) in [5, 5.41) is 5.29. The van der Waals surface area contributed by atoms with Crippen LogP contribution in [0, 0.1) is 0 Å². The Hall–Kier alpha value is -1.56. The summed E-state index contributed by atoms with van der Waals surface area (Å²) in [4.78, 5) is 11.1. The summed E-state index contributed by atoms with van der Waals surface area (Å²) in [7, 11) is 0. The second-order valence-corrected chi connectivity index (χ2v) is 7.58. The van der Waals surface area contributed by atoms with E-state index in [0.29, 0.717) is 13.0 Å². The van der Waals surface area contributed by atoms with Crippen LogP contribution in [0.25, 0.3) is 0 Å². The van der Waals surface area contributed by atoms with Crippen LogP contribution >= 0.6 is 0 Å². The Morgan fingerprint density at radius 3 is 2.25 bits per heavy atom. The Morgan fingerprint density at radius 2 is 1.75 bits per heavy atom. The molecule has 0 saturated carbocycles. The zero-order valence-corrected chi connectivity index (χ0v) is 14.5. The van der Waals surface area contributed by atoms with Crippen LogP contribution in [-0.4, -0.2) is 30.7 Å². The number of piperidine rings is 1. The molecule has 2 rings (SSSR count). The van der Waals surface area contributed by atoms with Gasteiger partial charge in [-0.05, 0) is 29.9 Å². The van der Waals surface area contributed by atoms with E-state index in [4.69, 9.17) is 0 Å². The third-order valence-corrected chi connectivity index (χ3v) is 4.63. The summed E-state index contributed by atoms with van der Waals surface area (Å²) < 4.78 is 37.3. The molecule has 0 aliphatic carbocycles. The molecule has 0 radical (unpaired) electrons. The number of hydrogen-bond donors (Lipinski definition) is 2. The van der Waals surface area contributed by atoms with E-state index in [2.05, 4.69) is 43.5 Å². The lowest BCUT2D eigenvalue weighted by Crippen LogP contribution is -2.54. The topological polar surface area (TPSA) is 41.1 Å². The van der Waals surface area contributed by atoms with Crippen LogP contribution in [0.15, 0.2) is 24.3 Å². The van der Waals surface area contributed by atoms with Crippen molar-refractivity contribution in [2.45, 2.75) is 63.7 Å². The molecule has 1 aliphatic rings. The second-order valence-electron chi connectivity index (χ2n) is 7.58. The molecule has 0 spiro atoms. The molecule has 1 fully saturated rings. The summed E-state index contributed by atoms with van der Waals surface area (Å²) in [6, 6.07) is 7.83. The highest BCUT2D eigenvalue weighted by Gasteiger charge is 2.41. The van der Waals surface area contributed by atoms with Gasteiger partial charge in [-0.3, -0.25) is 4.79 Å². The Kier molecular flexibility index (Phi) is 5.28. The maximum Gasteiger partial charge on any atom is 0.471 e. The molecule has 1 aromatic carbocycles. The Balaban J connectivity index is 2.10. The number of hydrogen-bond acceptors (Lipinski definition) is 2. The van der Waals surface area contributed by atoms with E-state index in [-0.39, 0.29) is 17.4 Å². The first kappa shape index (κ1) is 18.8. The summed E-state index contributed by atoms with van der Waals surface area (Å²) >= 11 is 0. The fraction of sp³-hybridized carbons (Fsp3) is 0.611. The van der Waals surface area contributed by atoms with Crippen LogP contribution in [0.3, 0.4) is 0 Å². The van der Waals surface area contributed by atoms with E-state index >= 15 is 0 Å². The van der Waals surface area contributed by atoms with Crippen molar-refractivity contribution in [1.29, 1.82) is 0 Å². The van der Waals surface area contributed by atoms with Gasteiger partial charge in [0, 0.05) is 24.5 Å². The van der Waals surface area contributed by atoms with E-state index in [1.54, 1.807) is 0 Å². The van der Waals surface area contributed by atoms with Gasteiger partial charge in [-0.1, -0.05) is 45.0 Å². The first-order chi connectivity index (χ1) is 11.0. The normalized spacial score (nSPS) is 25.4. The van der Waals surface area contributed by atoms with Gasteiger partial charge in [-0.2, -0.15) is 13.2 Å². The minimum atomic E-state index is -4.84. The van der Waals surface area contributed by atoms with E-state index in [0.717, 1.165) is 5.56 Å². The van der Waals surface area contributed by atoms with Crippen molar-refractivity contribution in [2.24, 2.45) is 0 Å². The van der Waals surface area contributed by atoms with Gasteiger partial charge in [0.2, 0.25) is 0 Å². The van der Waals surface area contributed by atoms with Crippen molar-refractivity contribution < 1.29 is 18.0 Å². The molecule has 1 aromatic rings. The smallest absolute Gasteiger partial charge is 0.344 e. The van der Waals surface area contributed by atoms with Gasteiger partial charge in [0.15, 0.2) is 0 Å². The number of alkyl halides is 3. The summed E-state index contributed by atoms with van der Waals surface area (Å²) in [6.45, 7) is 8.77. The maximum atomic E-state index is 12.4. The number of rotatable bonds is 2. The highest BCUT2D eigenvalue weighted by atomic mass is 19.4. The lowest BCUT2D eigenvalue weighted by molar-refractivity contribution is -0.174. The van der Waals surface area contributed by atoms with Gasteiger partial charge in [0.05, 0.1) is 0 Å². The van der Waals surface area contributed by atoms with Gasteiger partial charge in [0.1, 0.15) is 0 Å². The SMILES string of the molecule is CC1NCC(NC(=O)C(F)(F)F)CC1c1ccc(C(C)(C)C)cc1. The van der Waals surface area contributed by atoms with Crippen LogP contribution in [0.5, 0.6) is 0 Å². The molecule has 0 aromatic heterocycles. The molecule has 3 atom stereocenters. The van der Waals surface area contributed by atoms with Crippen LogP contribution in [-0.2, 0) is 10.2 Å². The molecular weight excluding hydrogens is 317 g/mol. The maximum absolute atomic E-state index is 12.4. The van der Waals surface area contributed by atoms with Crippen LogP contribution in [0.2, 0.25) is 0 Å². The number of nitrogens with one attached hydrogen (secondary N) is 2. The highest BCUT2D eigenvalue weighted by Crippen LogP contribution is 2.31. The number of benzene rings is 1. The number of halogens is 3. The molecule has 1 saturated heterocycles. The van der Waals surface area contributed by atoms with E-state index in [1.165, 1.54) is 5.56 Å². The van der Waals surface area contributed by atoms with Gasteiger partial charge >= 0.3 is 12.1 Å². The molecule has 3 nitrogen and oxygen atoms in total. The van der Waals surface area contributed by atoms with Crippen LogP contribution < -0.4 is 10.6 Å². The largest absolute Gasteiger partial charge is 0.471 e. The van der Waals surface area contributed by atoms with Crippen LogP contribution in [0.4, 0.5) is 13.2 Å². The van der Waals surface area contributed by atoms with Crippen molar-refractivity contribution in [2.75, 3.05) is 6.54 Å². The minimum absolute atomic E-state index is 0.0537. The summed E-state index contributed by atoms with van der Waals surface area (Å²) in [6.07, 6.45) is -4.35. The van der Waals surface area contributed by atoms with Gasteiger partial charge in [0.25, 0.3) is 0 Å². The van der Waals surface area contributed by atoms with Crippen molar-refractivity contribution in [3.63, 3.8) is 0 Å². The van der Waals surface area contributed by atoms with Crippen molar-refractivity contribution >= 4 is 5.91 Å². The van der Waals surface area contributed by atoms with Crippen LogP contribution in [0.1, 0.15) is 51.2 Å². The van der Waals surface area contributed by atoms with Gasteiger partial charge in [-0.15, -0.1) is 0 Å². The summed E-state index contributed by atoms with van der Waals surface area (Å²) in [5.74, 6) is -1.81. The third kappa shape index (κ3) is 4.50. The monoisotopic (exact) mass is 342 g/mol. The molecule has 3 unspecified atom stereocenters. The first-order valence-corrected chi connectivity index (χ1v) is 8.20. The van der Waals surface area contributed by atoms with E-state index in [9.17, 15) is 18.0 Å². The quantitative estimate of drug-likeness (QED) is 0.864. The van der Waals surface area contributed by atoms with Crippen molar-refractivity contribution in [3.05, 3.63) is 35.4 Å². The van der Waals surface area contributed by atoms with Gasteiger partial charge < -0.3 is 10.6 Å². The predicted molar refractivity (Wildman–Crippen MR) is 88.0 cm³/mol. The van der Waals surface area contributed by atoms with E-state index in [1.807, 2.05) is 19.1 Å². The second kappa shape index (κ2) is 6.75. The number of carbonyl (C=O) groups excluding carboxylic acids is 1. The molecular formula is C18H25F3N2O. The minimum Gasteiger partial charge on any atom is -0.344 e. The standard InChI is InChI=1S/C18H25F3N2O/c1-11-15(12-5-7-13(8-6-12)17(2,3)4)9-14(10-22-11)23-16(24)18(19,20)21/h5-8,11,14-15,22H,9-10H2,1-4H3,(H,23,24). The molecule has 0 bridgehead atoms. The molecule has 1 heterocycles. The third-order valence-electron chi connectivity index (χ3n) is 4.63. The molecule has 2 N–H and O–H groups in total. The molecule has 1 amide bonds. The number of carbonyl (C=O) groups is 1. The van der Waals surface area contributed by atoms with Gasteiger partial charge in [-0.25, -0.2) is 0 Å². The fourth-order valence-corrected chi connectivity index (χ4v) is 3.10. The van der Waals surface area contributed by atoms with E-state index < -0.39 is 18.1 Å². The zero-order chi connectivity index (χ0) is 18.1. The predicted octanol–water partition coefficient (Wildman–Crippen LogP) is 3.50. The lowest BCUT2D eigenvalue weighted by Gasteiger charge is -2.36. The zero-order valence-electron chi connectivity index (χ0n) is 14.5.